The lowest BCUT2D eigenvalue weighted by atomic mass is 10.4. The number of carbonyl (C=O) groups is 2. The fourth-order valence-electron chi connectivity index (χ4n) is 0.282. The predicted octanol–water partition coefficient (Wildman–Crippen LogP) is -0.741. The van der Waals surface area contributed by atoms with E-state index in [1.165, 1.54) is 0 Å². The molecule has 0 aromatic heterocycles. The van der Waals surface area contributed by atoms with Crippen LogP contribution >= 0.6 is 0 Å². The number of rotatable bonds is 0. The Labute approximate surface area is 81.4 Å². The lowest BCUT2D eigenvalue weighted by Crippen LogP contribution is -2.25. The molecule has 10 heteroatoms. The van der Waals surface area contributed by atoms with E-state index in [1.807, 2.05) is 0 Å². The molecule has 10 nitrogen and oxygen atoms in total. The van der Waals surface area contributed by atoms with Gasteiger partial charge in [0, 0.05) is 5.28 Å². The average Bonchev–Trinajstić information content (AvgIpc) is 2.17. The number of hydrogen-bond acceptors (Lipinski definition) is 9. The molecule has 0 atom stereocenters. The minimum atomic E-state index is -1.06. The zero-order valence-electron chi connectivity index (χ0n) is 6.94. The Bertz CT molecular complexity index is 348. The number of Topliss-reactive ketones (excluding diaryl/α,β-unsaturated/α-hetero) is 1. The van der Waals surface area contributed by atoms with Crippen LogP contribution in [0.15, 0.2) is 10.4 Å². The quantitative estimate of drug-likeness (QED) is 0.272. The van der Waals surface area contributed by atoms with E-state index in [0.29, 0.717) is 0 Å². The summed E-state index contributed by atoms with van der Waals surface area (Å²) in [5.74, 6) is -2.91. The standard InChI is InChI=1S/C3HN3O3.2CHNO/c4-2-1(7)3(8)5-6-9-2;2*2-1-3/h4H;2*2H. The molecule has 0 fully saturated rings. The first-order chi connectivity index (χ1) is 7.04. The third kappa shape index (κ3) is 7.53. The summed E-state index contributed by atoms with van der Waals surface area (Å²) < 4.78 is 0. The van der Waals surface area contributed by atoms with E-state index in [-0.39, 0.29) is 0 Å². The molecule has 0 aromatic rings. The highest BCUT2D eigenvalue weighted by molar-refractivity contribution is 6.62. The van der Waals surface area contributed by atoms with Gasteiger partial charge < -0.3 is 4.84 Å². The normalized spacial score (nSPS) is 11.9. The van der Waals surface area contributed by atoms with Crippen molar-refractivity contribution in [1.29, 1.82) is 16.2 Å². The zero-order valence-corrected chi connectivity index (χ0v) is 6.94. The summed E-state index contributed by atoms with van der Waals surface area (Å²) in [6.07, 6.45) is 1.50. The average molecular weight is 213 g/mol. The van der Waals surface area contributed by atoms with E-state index in [2.05, 4.69) is 15.2 Å². The molecule has 3 N–H and O–H groups in total. The van der Waals surface area contributed by atoms with Crippen molar-refractivity contribution >= 4 is 29.7 Å². The molecule has 0 saturated carbocycles. The topological polar surface area (TPSA) is 174 Å². The van der Waals surface area contributed by atoms with Crippen LogP contribution in [0.3, 0.4) is 0 Å². The SMILES string of the molecule is N=C1ON=NC(=O)C1=O.N=C=O.N=C=O. The first-order valence-corrected chi connectivity index (χ1v) is 2.88. The van der Waals surface area contributed by atoms with Gasteiger partial charge in [-0.1, -0.05) is 5.11 Å². The number of ketones is 1. The van der Waals surface area contributed by atoms with Crippen LogP contribution in [0.2, 0.25) is 0 Å². The highest BCUT2D eigenvalue weighted by Crippen LogP contribution is 1.94. The van der Waals surface area contributed by atoms with Crippen molar-refractivity contribution in [3.8, 4) is 0 Å². The van der Waals surface area contributed by atoms with Gasteiger partial charge in [-0.3, -0.25) is 15.0 Å². The largest absolute Gasteiger partial charge is 0.344 e. The third-order valence-corrected chi connectivity index (χ3v) is 0.664. The van der Waals surface area contributed by atoms with Crippen molar-refractivity contribution in [2.24, 2.45) is 10.4 Å². The maximum atomic E-state index is 10.3. The Kier molecular flexibility index (Phi) is 9.06. The van der Waals surface area contributed by atoms with E-state index < -0.39 is 17.6 Å². The summed E-state index contributed by atoms with van der Waals surface area (Å²) in [6, 6.07) is 0. The van der Waals surface area contributed by atoms with Crippen LogP contribution in [0.1, 0.15) is 0 Å². The van der Waals surface area contributed by atoms with Crippen LogP contribution < -0.4 is 0 Å². The third-order valence-electron chi connectivity index (χ3n) is 0.664. The number of nitrogens with one attached hydrogen (secondary N) is 3. The molecule has 0 saturated heterocycles. The minimum Gasteiger partial charge on any atom is -0.314 e. The van der Waals surface area contributed by atoms with E-state index in [0.717, 1.165) is 12.2 Å². The van der Waals surface area contributed by atoms with Gasteiger partial charge in [-0.15, -0.1) is 0 Å². The molecule has 78 valence electrons. The van der Waals surface area contributed by atoms with Crippen LogP contribution in [0, 0.1) is 16.2 Å². The predicted molar refractivity (Wildman–Crippen MR) is 40.5 cm³/mol. The smallest absolute Gasteiger partial charge is 0.314 e. The summed E-state index contributed by atoms with van der Waals surface area (Å²) >= 11 is 0. The number of carbonyl (C=O) groups excluding carboxylic acids is 4. The van der Waals surface area contributed by atoms with Gasteiger partial charge >= 0.3 is 11.7 Å². The molecule has 1 aliphatic heterocycles. The van der Waals surface area contributed by atoms with Gasteiger partial charge in [0.2, 0.25) is 12.2 Å². The molecule has 1 rings (SSSR count). The van der Waals surface area contributed by atoms with Gasteiger partial charge in [0.1, 0.15) is 0 Å². The van der Waals surface area contributed by atoms with Crippen LogP contribution in [0.5, 0.6) is 0 Å². The Morgan fingerprint density at radius 2 is 1.53 bits per heavy atom. The number of hydrogen-bond donors (Lipinski definition) is 3. The molecule has 0 aliphatic carbocycles. The second-order valence-electron chi connectivity index (χ2n) is 1.44. The Balaban J connectivity index is 0. The van der Waals surface area contributed by atoms with Gasteiger partial charge in [0.15, 0.2) is 0 Å². The first kappa shape index (κ1) is 14.7. The van der Waals surface area contributed by atoms with Crippen molar-refractivity contribution < 1.29 is 24.0 Å². The Hall–Kier alpha value is -2.83. The number of isocyanates is 2. The number of nitrogens with zero attached hydrogens (tertiary/aromatic N) is 2. The first-order valence-electron chi connectivity index (χ1n) is 2.88. The van der Waals surface area contributed by atoms with E-state index in [4.69, 9.17) is 25.8 Å². The monoisotopic (exact) mass is 213 g/mol. The van der Waals surface area contributed by atoms with Crippen LogP contribution in [-0.4, -0.2) is 29.7 Å². The molecule has 0 bridgehead atoms. The summed E-state index contributed by atoms with van der Waals surface area (Å²) in [5, 5.41) is 22.8. The maximum absolute atomic E-state index is 10.3. The van der Waals surface area contributed by atoms with Gasteiger partial charge in [0.25, 0.3) is 5.90 Å². The lowest BCUT2D eigenvalue weighted by molar-refractivity contribution is -0.134. The summed E-state index contributed by atoms with van der Waals surface area (Å²) in [7, 11) is 0. The Morgan fingerprint density at radius 1 is 1.13 bits per heavy atom. The molecule has 0 spiro atoms. The molecule has 0 unspecified atom stereocenters. The van der Waals surface area contributed by atoms with Crippen molar-refractivity contribution in [1.82, 2.24) is 0 Å². The van der Waals surface area contributed by atoms with E-state index in [9.17, 15) is 9.59 Å². The van der Waals surface area contributed by atoms with Gasteiger partial charge in [-0.2, -0.15) is 0 Å². The molecular formula is C5H3N5O5. The molecule has 1 aliphatic rings. The fraction of sp³-hybridized carbons (Fsp3) is 0. The van der Waals surface area contributed by atoms with E-state index >= 15 is 0 Å². The molecule has 15 heavy (non-hydrogen) atoms. The molecule has 0 radical (unpaired) electrons. The Morgan fingerprint density at radius 3 is 1.80 bits per heavy atom. The summed E-state index contributed by atoms with van der Waals surface area (Å²) in [4.78, 5) is 41.1. The van der Waals surface area contributed by atoms with Crippen molar-refractivity contribution in [3.63, 3.8) is 0 Å². The molecule has 1 amide bonds. The van der Waals surface area contributed by atoms with Gasteiger partial charge in [0.05, 0.1) is 0 Å². The van der Waals surface area contributed by atoms with Crippen molar-refractivity contribution in [2.75, 3.05) is 0 Å². The highest BCUT2D eigenvalue weighted by atomic mass is 16.7. The molecular weight excluding hydrogens is 210 g/mol. The van der Waals surface area contributed by atoms with Gasteiger partial charge in [-0.05, 0) is 0 Å². The second kappa shape index (κ2) is 9.26. The van der Waals surface area contributed by atoms with E-state index in [1.54, 1.807) is 0 Å². The summed E-state index contributed by atoms with van der Waals surface area (Å²) in [6.45, 7) is 0. The van der Waals surface area contributed by atoms with Crippen molar-refractivity contribution in [2.45, 2.75) is 0 Å². The zero-order chi connectivity index (χ0) is 12.3. The minimum absolute atomic E-state index is 0.750. The van der Waals surface area contributed by atoms with Crippen LogP contribution in [0.25, 0.3) is 0 Å². The van der Waals surface area contributed by atoms with Gasteiger partial charge in [-0.25, -0.2) is 20.4 Å². The number of amides is 1. The van der Waals surface area contributed by atoms with Crippen LogP contribution in [-0.2, 0) is 24.0 Å². The second-order valence-corrected chi connectivity index (χ2v) is 1.44. The maximum Gasteiger partial charge on any atom is 0.344 e. The lowest BCUT2D eigenvalue weighted by Gasteiger charge is -1.97. The highest BCUT2D eigenvalue weighted by Gasteiger charge is 2.24. The molecule has 0 aromatic carbocycles. The summed E-state index contributed by atoms with van der Waals surface area (Å²) in [5.41, 5.74) is 0. The van der Waals surface area contributed by atoms with Crippen LogP contribution in [0.4, 0.5) is 0 Å². The van der Waals surface area contributed by atoms with Crippen molar-refractivity contribution in [3.05, 3.63) is 0 Å². The molecule has 1 heterocycles. The fourth-order valence-corrected chi connectivity index (χ4v) is 0.282.